The van der Waals surface area contributed by atoms with E-state index in [9.17, 15) is 19.1 Å². The van der Waals surface area contributed by atoms with Crippen molar-refractivity contribution in [3.63, 3.8) is 0 Å². The zero-order valence-corrected chi connectivity index (χ0v) is 26.7. The van der Waals surface area contributed by atoms with E-state index in [1.54, 1.807) is 54.6 Å². The highest BCUT2D eigenvalue weighted by molar-refractivity contribution is 8.00. The number of benzene rings is 3. The van der Waals surface area contributed by atoms with Gasteiger partial charge in [0, 0.05) is 17.7 Å². The fourth-order valence-corrected chi connectivity index (χ4v) is 7.22. The van der Waals surface area contributed by atoms with Gasteiger partial charge in [0.2, 0.25) is 5.13 Å². The molecule has 1 aromatic heterocycles. The Hall–Kier alpha value is -4.22. The number of hydrogen-bond acceptors (Lipinski definition) is 9. The zero-order valence-electron chi connectivity index (χ0n) is 25.0. The van der Waals surface area contributed by atoms with Crippen LogP contribution in [0.15, 0.2) is 76.6 Å². The van der Waals surface area contributed by atoms with Crippen molar-refractivity contribution in [2.24, 2.45) is 5.92 Å². The number of nitrogens with zero attached hydrogens (tertiary/aromatic N) is 3. The molecule has 2 aliphatic heterocycles. The number of thioether (sulfide) groups is 1. The molecule has 4 aromatic rings. The van der Waals surface area contributed by atoms with E-state index >= 15 is 0 Å². The summed E-state index contributed by atoms with van der Waals surface area (Å²) in [6.07, 6.45) is 1.54. The molecule has 11 heteroatoms. The summed E-state index contributed by atoms with van der Waals surface area (Å²) >= 11 is 2.41. The van der Waals surface area contributed by atoms with Crippen molar-refractivity contribution in [2.45, 2.75) is 55.9 Å². The Morgan fingerprint density at radius 2 is 1.96 bits per heavy atom. The highest BCUT2D eigenvalue weighted by Crippen LogP contribution is 2.45. The predicted molar refractivity (Wildman–Crippen MR) is 172 cm³/mol. The molecule has 8 nitrogen and oxygen atoms in total. The minimum atomic E-state index is -0.987. The smallest absolute Gasteiger partial charge is 0.301 e. The van der Waals surface area contributed by atoms with Crippen molar-refractivity contribution < 1.29 is 28.6 Å². The first-order valence-corrected chi connectivity index (χ1v) is 16.5. The second kappa shape index (κ2) is 13.0. The molecule has 2 aliphatic rings. The number of fused-ring (bicyclic) bond motifs is 1. The topological polar surface area (TPSA) is 102 Å². The number of hydrogen-bond donors (Lipinski definition) is 1. The monoisotopic (exact) mass is 645 g/mol. The van der Waals surface area contributed by atoms with Crippen LogP contribution in [-0.2, 0) is 21.8 Å². The summed E-state index contributed by atoms with van der Waals surface area (Å²) in [4.78, 5) is 28.7. The van der Waals surface area contributed by atoms with Crippen molar-refractivity contribution in [1.29, 1.82) is 0 Å². The molecule has 0 aliphatic carbocycles. The number of ether oxygens (including phenoxy) is 2. The maximum atomic E-state index is 14.2. The van der Waals surface area contributed by atoms with Gasteiger partial charge < -0.3 is 14.6 Å². The van der Waals surface area contributed by atoms with Gasteiger partial charge in [-0.1, -0.05) is 67.3 Å². The molecule has 3 heterocycles. The van der Waals surface area contributed by atoms with E-state index in [1.807, 2.05) is 13.0 Å². The van der Waals surface area contributed by atoms with Crippen molar-refractivity contribution >= 4 is 45.7 Å². The lowest BCUT2D eigenvalue weighted by atomic mass is 9.94. The summed E-state index contributed by atoms with van der Waals surface area (Å²) < 4.78 is 26.5. The highest BCUT2D eigenvalue weighted by Gasteiger charge is 2.48. The summed E-state index contributed by atoms with van der Waals surface area (Å²) in [5.41, 5.74) is 2.37. The number of carbonyl (C=O) groups excluding carboxylic acids is 2. The summed E-state index contributed by atoms with van der Waals surface area (Å²) in [6.45, 7) is 6.70. The molecule has 0 spiro atoms. The van der Waals surface area contributed by atoms with Crippen molar-refractivity contribution in [3.05, 3.63) is 100 Å². The lowest BCUT2D eigenvalue weighted by Gasteiger charge is -2.23. The minimum Gasteiger partial charge on any atom is -0.507 e. The summed E-state index contributed by atoms with van der Waals surface area (Å²) in [6, 6.07) is 17.9. The normalized spacial score (nSPS) is 18.8. The van der Waals surface area contributed by atoms with E-state index in [2.05, 4.69) is 24.0 Å². The van der Waals surface area contributed by atoms with Gasteiger partial charge in [-0.15, -0.1) is 10.2 Å². The van der Waals surface area contributed by atoms with Gasteiger partial charge in [-0.2, -0.15) is 0 Å². The Balaban J connectivity index is 1.38. The standard InChI is InChI=1S/C34H32FN3O5S2/c1-19(2)13-14-42-25-9-6-8-21(17-25)29-28(30(39)22-11-12-27-24(16-22)15-20(3)43-27)31(40)32(41)38(29)33-36-37-34(45-33)44-18-23-7-4-5-10-26(23)35/h4-12,16-17,19-20,29,39H,13-15,18H2,1-3H3/t20-,29-/m0/s1. The quantitative estimate of drug-likeness (QED) is 0.0629. The molecule has 45 heavy (non-hydrogen) atoms. The van der Waals surface area contributed by atoms with Crippen molar-refractivity contribution in [2.75, 3.05) is 11.5 Å². The van der Waals surface area contributed by atoms with Gasteiger partial charge >= 0.3 is 5.91 Å². The third kappa shape index (κ3) is 6.46. The van der Waals surface area contributed by atoms with Gasteiger partial charge in [-0.3, -0.25) is 14.5 Å². The SMILES string of the molecule is CC(C)CCOc1cccc([C@H]2C(=C(O)c3ccc4c(c3)C[C@H](C)O4)C(=O)C(=O)N2c2nnc(SCc3ccccc3F)s2)c1. The molecule has 1 fully saturated rings. The fraction of sp³-hybridized carbons (Fsp3) is 0.294. The second-order valence-corrected chi connectivity index (χ2v) is 13.6. The van der Waals surface area contributed by atoms with Crippen molar-refractivity contribution in [3.8, 4) is 11.5 Å². The number of aliphatic hydroxyl groups is 1. The maximum Gasteiger partial charge on any atom is 0.301 e. The highest BCUT2D eigenvalue weighted by atomic mass is 32.2. The second-order valence-electron chi connectivity index (χ2n) is 11.5. The van der Waals surface area contributed by atoms with Gasteiger partial charge in [0.25, 0.3) is 5.78 Å². The van der Waals surface area contributed by atoms with Crippen LogP contribution < -0.4 is 14.4 Å². The number of Topliss-reactive ketones (excluding diaryl/α,β-unsaturated/α-hetero) is 1. The number of halogens is 1. The van der Waals surface area contributed by atoms with Crippen LogP contribution >= 0.6 is 23.1 Å². The minimum absolute atomic E-state index is 0.00395. The maximum absolute atomic E-state index is 14.2. The first-order chi connectivity index (χ1) is 21.7. The van der Waals surface area contributed by atoms with Crippen LogP contribution in [0.25, 0.3) is 5.76 Å². The molecule has 0 bridgehead atoms. The average molecular weight is 646 g/mol. The molecule has 0 radical (unpaired) electrons. The van der Waals surface area contributed by atoms with E-state index in [-0.39, 0.29) is 28.4 Å². The van der Waals surface area contributed by atoms with Gasteiger partial charge in [0.15, 0.2) is 4.34 Å². The largest absolute Gasteiger partial charge is 0.507 e. The third-order valence-corrected chi connectivity index (χ3v) is 9.77. The van der Waals surface area contributed by atoms with E-state index in [1.165, 1.54) is 22.7 Å². The number of anilines is 1. The lowest BCUT2D eigenvalue weighted by Crippen LogP contribution is -2.29. The number of aromatic nitrogens is 2. The molecule has 2 atom stereocenters. The number of aliphatic hydroxyl groups excluding tert-OH is 1. The van der Waals surface area contributed by atoms with Gasteiger partial charge in [0.1, 0.15) is 29.2 Å². The number of ketones is 1. The van der Waals surface area contributed by atoms with E-state index < -0.39 is 17.7 Å². The van der Waals surface area contributed by atoms with E-state index in [4.69, 9.17) is 9.47 Å². The zero-order chi connectivity index (χ0) is 31.7. The summed E-state index contributed by atoms with van der Waals surface area (Å²) in [5.74, 6) is -0.158. The summed E-state index contributed by atoms with van der Waals surface area (Å²) in [5, 5.41) is 20.3. The number of carbonyl (C=O) groups is 2. The van der Waals surface area contributed by atoms with Crippen LogP contribution in [0, 0.1) is 11.7 Å². The summed E-state index contributed by atoms with van der Waals surface area (Å²) in [7, 11) is 0. The fourth-order valence-electron chi connectivity index (χ4n) is 5.37. The Kier molecular flexibility index (Phi) is 8.91. The molecular formula is C34H32FN3O5S2. The molecule has 6 rings (SSSR count). The van der Waals surface area contributed by atoms with Crippen LogP contribution in [0.4, 0.5) is 9.52 Å². The Labute approximate surface area is 268 Å². The van der Waals surface area contributed by atoms with Gasteiger partial charge in [-0.25, -0.2) is 4.39 Å². The average Bonchev–Trinajstić information content (AvgIpc) is 3.71. The molecule has 1 amide bonds. The molecule has 0 unspecified atom stereocenters. The van der Waals surface area contributed by atoms with Crippen LogP contribution in [0.3, 0.4) is 0 Å². The molecule has 232 valence electrons. The molecule has 0 saturated carbocycles. The first kappa shape index (κ1) is 30.8. The molecule has 1 saturated heterocycles. The Bertz CT molecular complexity index is 1790. The first-order valence-electron chi connectivity index (χ1n) is 14.7. The van der Waals surface area contributed by atoms with Crippen LogP contribution in [-0.4, -0.2) is 39.7 Å². The van der Waals surface area contributed by atoms with E-state index in [0.29, 0.717) is 51.5 Å². The van der Waals surface area contributed by atoms with Crippen LogP contribution in [0.2, 0.25) is 0 Å². The lowest BCUT2D eigenvalue weighted by molar-refractivity contribution is -0.132. The van der Waals surface area contributed by atoms with E-state index in [0.717, 1.165) is 29.1 Å². The Morgan fingerprint density at radius 3 is 2.76 bits per heavy atom. The van der Waals surface area contributed by atoms with Crippen molar-refractivity contribution in [1.82, 2.24) is 10.2 Å². The Morgan fingerprint density at radius 1 is 1.13 bits per heavy atom. The van der Waals surface area contributed by atoms with Crippen LogP contribution in [0.5, 0.6) is 11.5 Å². The third-order valence-electron chi connectivity index (χ3n) is 7.66. The molecule has 3 aromatic carbocycles. The number of amides is 1. The van der Waals surface area contributed by atoms with Gasteiger partial charge in [0.05, 0.1) is 18.2 Å². The van der Waals surface area contributed by atoms with Gasteiger partial charge in [-0.05, 0) is 72.4 Å². The molecule has 1 N–H and O–H groups in total. The molecular weight excluding hydrogens is 614 g/mol. The number of rotatable bonds is 10. The van der Waals surface area contributed by atoms with Crippen LogP contribution in [0.1, 0.15) is 55.5 Å². The predicted octanol–water partition coefficient (Wildman–Crippen LogP) is 7.34.